The summed E-state index contributed by atoms with van der Waals surface area (Å²) in [6.07, 6.45) is 10.5. The van der Waals surface area contributed by atoms with Gasteiger partial charge in [-0.2, -0.15) is 0 Å². The molecule has 0 aromatic rings. The van der Waals surface area contributed by atoms with Gasteiger partial charge < -0.3 is 10.5 Å². The average Bonchev–Trinajstić information content (AvgIpc) is 2.37. The second kappa shape index (κ2) is 6.88. The minimum atomic E-state index is 0.0882. The van der Waals surface area contributed by atoms with Gasteiger partial charge in [0.1, 0.15) is 0 Å². The van der Waals surface area contributed by atoms with E-state index in [1.165, 1.54) is 51.5 Å². The fraction of sp³-hybridized carbons (Fsp3) is 1.00. The standard InChI is InChI=1S/C15H30N2O/c1-2-11-18-14-7-6-10-17(12-14)13-15(16)8-4-3-5-9-15/h14H,2-13,16H2,1H3. The number of rotatable bonds is 5. The monoisotopic (exact) mass is 254 g/mol. The molecule has 3 nitrogen and oxygen atoms in total. The van der Waals surface area contributed by atoms with E-state index in [2.05, 4.69) is 11.8 Å². The van der Waals surface area contributed by atoms with Crippen LogP contribution in [0, 0.1) is 0 Å². The maximum Gasteiger partial charge on any atom is 0.0702 e. The molecule has 1 unspecified atom stereocenters. The van der Waals surface area contributed by atoms with Gasteiger partial charge in [0, 0.05) is 25.2 Å². The van der Waals surface area contributed by atoms with Crippen LogP contribution < -0.4 is 5.73 Å². The number of nitrogens with zero attached hydrogens (tertiary/aromatic N) is 1. The van der Waals surface area contributed by atoms with Gasteiger partial charge in [-0.15, -0.1) is 0 Å². The van der Waals surface area contributed by atoms with Crippen molar-refractivity contribution in [1.82, 2.24) is 4.90 Å². The van der Waals surface area contributed by atoms with E-state index in [4.69, 9.17) is 10.5 Å². The Kier molecular flexibility index (Phi) is 5.46. The highest BCUT2D eigenvalue weighted by Gasteiger charge is 2.31. The van der Waals surface area contributed by atoms with E-state index in [0.717, 1.165) is 26.1 Å². The first-order valence-electron chi connectivity index (χ1n) is 7.85. The van der Waals surface area contributed by atoms with Crippen molar-refractivity contribution in [1.29, 1.82) is 0 Å². The van der Waals surface area contributed by atoms with E-state index in [1.54, 1.807) is 0 Å². The smallest absolute Gasteiger partial charge is 0.0702 e. The molecule has 2 rings (SSSR count). The minimum Gasteiger partial charge on any atom is -0.377 e. The largest absolute Gasteiger partial charge is 0.377 e. The summed E-state index contributed by atoms with van der Waals surface area (Å²) in [5.74, 6) is 0. The summed E-state index contributed by atoms with van der Waals surface area (Å²) < 4.78 is 5.90. The molecule has 0 amide bonds. The summed E-state index contributed by atoms with van der Waals surface area (Å²) in [6.45, 7) is 6.48. The zero-order valence-electron chi connectivity index (χ0n) is 12.0. The van der Waals surface area contributed by atoms with Crippen LogP contribution in [0.15, 0.2) is 0 Å². The highest BCUT2D eigenvalue weighted by Crippen LogP contribution is 2.27. The van der Waals surface area contributed by atoms with Crippen molar-refractivity contribution in [2.45, 2.75) is 69.9 Å². The zero-order valence-corrected chi connectivity index (χ0v) is 12.0. The maximum atomic E-state index is 6.55. The molecule has 1 saturated carbocycles. The van der Waals surface area contributed by atoms with Crippen molar-refractivity contribution < 1.29 is 4.74 Å². The summed E-state index contributed by atoms with van der Waals surface area (Å²) >= 11 is 0. The molecular formula is C15H30N2O. The molecule has 0 bridgehead atoms. The summed E-state index contributed by atoms with van der Waals surface area (Å²) in [7, 11) is 0. The van der Waals surface area contributed by atoms with Crippen LogP contribution in [0.3, 0.4) is 0 Å². The predicted octanol–water partition coefficient (Wildman–Crippen LogP) is 2.54. The summed E-state index contributed by atoms with van der Waals surface area (Å²) in [5, 5.41) is 0. The third-order valence-corrected chi connectivity index (χ3v) is 4.41. The summed E-state index contributed by atoms with van der Waals surface area (Å²) in [6, 6.07) is 0. The first-order valence-corrected chi connectivity index (χ1v) is 7.85. The molecule has 2 N–H and O–H groups in total. The molecule has 0 spiro atoms. The third kappa shape index (κ3) is 4.22. The van der Waals surface area contributed by atoms with Gasteiger partial charge in [0.25, 0.3) is 0 Å². The molecule has 2 aliphatic rings. The van der Waals surface area contributed by atoms with Crippen LogP contribution in [0.4, 0.5) is 0 Å². The van der Waals surface area contributed by atoms with Crippen LogP contribution in [0.1, 0.15) is 58.3 Å². The molecule has 3 heteroatoms. The summed E-state index contributed by atoms with van der Waals surface area (Å²) in [4.78, 5) is 2.55. The second-order valence-corrected chi connectivity index (χ2v) is 6.29. The van der Waals surface area contributed by atoms with Crippen LogP contribution in [0.25, 0.3) is 0 Å². The van der Waals surface area contributed by atoms with Crippen molar-refractivity contribution in [3.8, 4) is 0 Å². The van der Waals surface area contributed by atoms with Gasteiger partial charge in [0.2, 0.25) is 0 Å². The Labute approximate surface area is 112 Å². The molecule has 1 atom stereocenters. The molecular weight excluding hydrogens is 224 g/mol. The lowest BCUT2D eigenvalue weighted by atomic mass is 9.82. The number of ether oxygens (including phenoxy) is 1. The molecule has 1 saturated heterocycles. The van der Waals surface area contributed by atoms with E-state index in [0.29, 0.717) is 6.10 Å². The Hall–Kier alpha value is -0.120. The fourth-order valence-corrected chi connectivity index (χ4v) is 3.44. The maximum absolute atomic E-state index is 6.55. The predicted molar refractivity (Wildman–Crippen MR) is 75.7 cm³/mol. The Morgan fingerprint density at radius 2 is 2.00 bits per heavy atom. The van der Waals surface area contributed by atoms with Gasteiger partial charge in [0.15, 0.2) is 0 Å². The van der Waals surface area contributed by atoms with Gasteiger partial charge in [-0.05, 0) is 38.6 Å². The molecule has 0 aromatic heterocycles. The highest BCUT2D eigenvalue weighted by molar-refractivity contribution is 4.91. The van der Waals surface area contributed by atoms with Crippen LogP contribution in [-0.2, 0) is 4.74 Å². The Balaban J connectivity index is 1.77. The third-order valence-electron chi connectivity index (χ3n) is 4.41. The first kappa shape index (κ1) is 14.3. The van der Waals surface area contributed by atoms with Crippen molar-refractivity contribution >= 4 is 0 Å². The normalized spacial score (nSPS) is 29.3. The van der Waals surface area contributed by atoms with Gasteiger partial charge >= 0.3 is 0 Å². The Morgan fingerprint density at radius 3 is 2.72 bits per heavy atom. The van der Waals surface area contributed by atoms with E-state index in [1.807, 2.05) is 0 Å². The Bertz CT molecular complexity index is 239. The van der Waals surface area contributed by atoms with Crippen molar-refractivity contribution in [2.75, 3.05) is 26.2 Å². The van der Waals surface area contributed by atoms with E-state index >= 15 is 0 Å². The fourth-order valence-electron chi connectivity index (χ4n) is 3.44. The molecule has 106 valence electrons. The molecule has 0 aromatic carbocycles. The number of hydrogen-bond donors (Lipinski definition) is 1. The van der Waals surface area contributed by atoms with Crippen molar-refractivity contribution in [2.24, 2.45) is 5.73 Å². The zero-order chi connectivity index (χ0) is 12.8. The van der Waals surface area contributed by atoms with Crippen molar-refractivity contribution in [3.05, 3.63) is 0 Å². The SMILES string of the molecule is CCCOC1CCCN(CC2(N)CCCCC2)C1. The molecule has 1 heterocycles. The lowest BCUT2D eigenvalue weighted by molar-refractivity contribution is -0.00737. The number of nitrogens with two attached hydrogens (primary N) is 1. The quantitative estimate of drug-likeness (QED) is 0.819. The minimum absolute atomic E-state index is 0.0882. The lowest BCUT2D eigenvalue weighted by Crippen LogP contribution is -2.54. The molecule has 2 fully saturated rings. The highest BCUT2D eigenvalue weighted by atomic mass is 16.5. The van der Waals surface area contributed by atoms with Gasteiger partial charge in [-0.1, -0.05) is 26.2 Å². The van der Waals surface area contributed by atoms with Crippen LogP contribution in [0.2, 0.25) is 0 Å². The number of piperidine rings is 1. The Morgan fingerprint density at radius 1 is 1.22 bits per heavy atom. The van der Waals surface area contributed by atoms with Gasteiger partial charge in [0.05, 0.1) is 6.10 Å². The number of hydrogen-bond acceptors (Lipinski definition) is 3. The first-order chi connectivity index (χ1) is 8.72. The van der Waals surface area contributed by atoms with E-state index in [9.17, 15) is 0 Å². The molecule has 18 heavy (non-hydrogen) atoms. The van der Waals surface area contributed by atoms with Crippen LogP contribution in [0.5, 0.6) is 0 Å². The van der Waals surface area contributed by atoms with E-state index in [-0.39, 0.29) is 5.54 Å². The van der Waals surface area contributed by atoms with Crippen LogP contribution in [-0.4, -0.2) is 42.8 Å². The summed E-state index contributed by atoms with van der Waals surface area (Å²) in [5.41, 5.74) is 6.64. The molecule has 1 aliphatic heterocycles. The van der Waals surface area contributed by atoms with E-state index < -0.39 is 0 Å². The van der Waals surface area contributed by atoms with Gasteiger partial charge in [-0.3, -0.25) is 4.90 Å². The molecule has 0 radical (unpaired) electrons. The molecule has 1 aliphatic carbocycles. The average molecular weight is 254 g/mol. The number of likely N-dealkylation sites (tertiary alicyclic amines) is 1. The second-order valence-electron chi connectivity index (χ2n) is 6.29. The van der Waals surface area contributed by atoms with Gasteiger partial charge in [-0.25, -0.2) is 0 Å². The van der Waals surface area contributed by atoms with Crippen LogP contribution >= 0.6 is 0 Å². The topological polar surface area (TPSA) is 38.5 Å². The lowest BCUT2D eigenvalue weighted by Gasteiger charge is -2.41. The van der Waals surface area contributed by atoms with Crippen molar-refractivity contribution in [3.63, 3.8) is 0 Å².